The zero-order valence-corrected chi connectivity index (χ0v) is 9.31. The Balaban J connectivity index is 2.49. The van der Waals surface area contributed by atoms with Crippen molar-refractivity contribution < 1.29 is 5.11 Å². The summed E-state index contributed by atoms with van der Waals surface area (Å²) in [4.78, 5) is 1.03. The van der Waals surface area contributed by atoms with Crippen LogP contribution in [0.1, 0.15) is 11.0 Å². The summed E-state index contributed by atoms with van der Waals surface area (Å²) in [6.45, 7) is 0. The Labute approximate surface area is 89.1 Å². The van der Waals surface area contributed by atoms with Gasteiger partial charge in [-0.3, -0.25) is 0 Å². The van der Waals surface area contributed by atoms with E-state index in [1.807, 2.05) is 18.2 Å². The van der Waals surface area contributed by atoms with Gasteiger partial charge in [0.2, 0.25) is 0 Å². The number of rotatable bonds is 2. The minimum absolute atomic E-state index is 0.377. The highest BCUT2D eigenvalue weighted by Gasteiger charge is 2.08. The monoisotopic (exact) mass is 256 g/mol. The molecule has 1 aromatic heterocycles. The Morgan fingerprint density at radius 3 is 2.85 bits per heavy atom. The smallest absolute Gasteiger partial charge is 0.0978 e. The molecule has 1 atom stereocenters. The van der Waals surface area contributed by atoms with Crippen molar-refractivity contribution in [2.75, 3.05) is 5.33 Å². The first-order valence-electron chi connectivity index (χ1n) is 4.04. The molecule has 1 heterocycles. The van der Waals surface area contributed by atoms with Crippen LogP contribution in [-0.4, -0.2) is 10.4 Å². The van der Waals surface area contributed by atoms with Crippen LogP contribution in [0.4, 0.5) is 0 Å². The van der Waals surface area contributed by atoms with Crippen LogP contribution in [-0.2, 0) is 0 Å². The van der Waals surface area contributed by atoms with E-state index in [-0.39, 0.29) is 6.10 Å². The Kier molecular flexibility index (Phi) is 2.67. The van der Waals surface area contributed by atoms with Gasteiger partial charge in [-0.2, -0.15) is 0 Å². The fourth-order valence-electron chi connectivity index (χ4n) is 1.24. The van der Waals surface area contributed by atoms with E-state index in [0.29, 0.717) is 5.33 Å². The molecular formula is C10H9BrOS. The van der Waals surface area contributed by atoms with Crippen LogP contribution >= 0.6 is 27.3 Å². The summed E-state index contributed by atoms with van der Waals surface area (Å²) in [6.07, 6.45) is -0.377. The molecule has 2 aromatic rings. The third-order valence-electron chi connectivity index (χ3n) is 1.92. The largest absolute Gasteiger partial charge is 0.387 e. The zero-order chi connectivity index (χ0) is 9.26. The molecule has 0 unspecified atom stereocenters. The van der Waals surface area contributed by atoms with Crippen molar-refractivity contribution in [3.8, 4) is 0 Å². The Bertz CT molecular complexity index is 377. The molecule has 0 spiro atoms. The van der Waals surface area contributed by atoms with Crippen LogP contribution in [0.5, 0.6) is 0 Å². The van der Waals surface area contributed by atoms with Crippen LogP contribution < -0.4 is 0 Å². The van der Waals surface area contributed by atoms with Gasteiger partial charge in [-0.1, -0.05) is 34.1 Å². The highest BCUT2D eigenvalue weighted by Crippen LogP contribution is 2.30. The molecule has 0 aliphatic rings. The first-order valence-corrected chi connectivity index (χ1v) is 5.97. The van der Waals surface area contributed by atoms with E-state index in [4.69, 9.17) is 0 Å². The van der Waals surface area contributed by atoms with Gasteiger partial charge in [0.1, 0.15) is 0 Å². The van der Waals surface area contributed by atoms with Gasteiger partial charge in [0.05, 0.1) is 6.10 Å². The van der Waals surface area contributed by atoms with E-state index in [9.17, 15) is 5.11 Å². The molecule has 0 amide bonds. The fraction of sp³-hybridized carbons (Fsp3) is 0.200. The van der Waals surface area contributed by atoms with Gasteiger partial charge in [0.15, 0.2) is 0 Å². The second kappa shape index (κ2) is 3.78. The van der Waals surface area contributed by atoms with E-state index < -0.39 is 0 Å². The number of fused-ring (bicyclic) bond motifs is 1. The molecule has 0 saturated carbocycles. The molecule has 3 heteroatoms. The molecule has 1 nitrogen and oxygen atoms in total. The average molecular weight is 257 g/mol. The second-order valence-electron chi connectivity index (χ2n) is 2.86. The lowest BCUT2D eigenvalue weighted by atomic mass is 10.2. The van der Waals surface area contributed by atoms with Crippen molar-refractivity contribution in [1.29, 1.82) is 0 Å². The summed E-state index contributed by atoms with van der Waals surface area (Å²) < 4.78 is 1.23. The second-order valence-corrected chi connectivity index (χ2v) is 4.62. The van der Waals surface area contributed by atoms with Crippen molar-refractivity contribution in [2.24, 2.45) is 0 Å². The Hall–Kier alpha value is -0.380. The molecule has 68 valence electrons. The zero-order valence-electron chi connectivity index (χ0n) is 6.90. The van der Waals surface area contributed by atoms with Gasteiger partial charge in [0.25, 0.3) is 0 Å². The molecule has 0 fully saturated rings. The van der Waals surface area contributed by atoms with Crippen LogP contribution in [0.3, 0.4) is 0 Å². The Morgan fingerprint density at radius 2 is 2.15 bits per heavy atom. The number of aliphatic hydroxyl groups excluding tert-OH is 1. The third kappa shape index (κ3) is 1.77. The topological polar surface area (TPSA) is 20.2 Å². The number of aliphatic hydroxyl groups is 1. The fourth-order valence-corrected chi connectivity index (χ4v) is 2.86. The lowest BCUT2D eigenvalue weighted by molar-refractivity contribution is 0.209. The summed E-state index contributed by atoms with van der Waals surface area (Å²) in [7, 11) is 0. The Morgan fingerprint density at radius 1 is 1.38 bits per heavy atom. The molecule has 1 N–H and O–H groups in total. The van der Waals surface area contributed by atoms with Crippen LogP contribution in [0.2, 0.25) is 0 Å². The lowest BCUT2D eigenvalue weighted by Gasteiger charge is -2.00. The quantitative estimate of drug-likeness (QED) is 0.818. The standard InChI is InChI=1S/C10H9BrOS/c11-6-8(12)10-5-7-3-1-2-4-9(7)13-10/h1-5,8,12H,6H2/t8-/m1/s1. The van der Waals surface area contributed by atoms with Crippen molar-refractivity contribution in [1.82, 2.24) is 0 Å². The summed E-state index contributed by atoms with van der Waals surface area (Å²) >= 11 is 4.92. The van der Waals surface area contributed by atoms with Crippen molar-refractivity contribution >= 4 is 37.4 Å². The molecule has 1 aromatic carbocycles. The van der Waals surface area contributed by atoms with Gasteiger partial charge < -0.3 is 5.11 Å². The van der Waals surface area contributed by atoms with Crippen molar-refractivity contribution in [3.63, 3.8) is 0 Å². The SMILES string of the molecule is O[C@H](CBr)c1cc2ccccc2s1. The molecular weight excluding hydrogens is 248 g/mol. The van der Waals surface area contributed by atoms with Crippen LogP contribution in [0.25, 0.3) is 10.1 Å². The molecule has 13 heavy (non-hydrogen) atoms. The molecule has 0 aliphatic carbocycles. The summed E-state index contributed by atoms with van der Waals surface area (Å²) in [5.74, 6) is 0. The molecule has 0 bridgehead atoms. The van der Waals surface area contributed by atoms with Gasteiger partial charge >= 0.3 is 0 Å². The number of alkyl halides is 1. The van der Waals surface area contributed by atoms with Crippen molar-refractivity contribution in [3.05, 3.63) is 35.2 Å². The molecule has 0 radical (unpaired) electrons. The van der Waals surface area contributed by atoms with Gasteiger partial charge in [-0.05, 0) is 17.5 Å². The summed E-state index contributed by atoms with van der Waals surface area (Å²) in [6, 6.07) is 10.2. The maximum Gasteiger partial charge on any atom is 0.0978 e. The molecule has 0 saturated heterocycles. The predicted octanol–water partition coefficient (Wildman–Crippen LogP) is 3.33. The maximum atomic E-state index is 9.59. The van der Waals surface area contributed by atoms with E-state index in [1.54, 1.807) is 11.3 Å². The minimum Gasteiger partial charge on any atom is -0.387 e. The third-order valence-corrected chi connectivity index (χ3v) is 3.75. The van der Waals surface area contributed by atoms with Gasteiger partial charge in [0, 0.05) is 14.9 Å². The highest BCUT2D eigenvalue weighted by atomic mass is 79.9. The summed E-state index contributed by atoms with van der Waals surface area (Å²) in [5.41, 5.74) is 0. The maximum absolute atomic E-state index is 9.59. The van der Waals surface area contributed by atoms with E-state index >= 15 is 0 Å². The molecule has 0 aliphatic heterocycles. The van der Waals surface area contributed by atoms with E-state index in [1.165, 1.54) is 10.1 Å². The lowest BCUT2D eigenvalue weighted by Crippen LogP contribution is -1.93. The number of benzene rings is 1. The van der Waals surface area contributed by atoms with Crippen LogP contribution in [0.15, 0.2) is 30.3 Å². The van der Waals surface area contributed by atoms with Crippen LogP contribution in [0, 0.1) is 0 Å². The molecule has 2 rings (SSSR count). The van der Waals surface area contributed by atoms with Gasteiger partial charge in [-0.15, -0.1) is 11.3 Å². The first-order chi connectivity index (χ1) is 6.31. The van der Waals surface area contributed by atoms with E-state index in [0.717, 1.165) is 4.88 Å². The summed E-state index contributed by atoms with van der Waals surface area (Å²) in [5, 5.41) is 11.4. The predicted molar refractivity (Wildman–Crippen MR) is 60.6 cm³/mol. The minimum atomic E-state index is -0.377. The number of hydrogen-bond acceptors (Lipinski definition) is 2. The number of hydrogen-bond donors (Lipinski definition) is 1. The highest BCUT2D eigenvalue weighted by molar-refractivity contribution is 9.09. The number of thiophene rings is 1. The first kappa shape index (κ1) is 9.19. The number of halogens is 1. The normalized spacial score (nSPS) is 13.4. The van der Waals surface area contributed by atoms with E-state index in [2.05, 4.69) is 28.1 Å². The van der Waals surface area contributed by atoms with Crippen molar-refractivity contribution in [2.45, 2.75) is 6.10 Å². The van der Waals surface area contributed by atoms with Gasteiger partial charge in [-0.25, -0.2) is 0 Å². The average Bonchev–Trinajstić information content (AvgIpc) is 2.59.